The molecule has 0 aromatic carbocycles. The van der Waals surface area contributed by atoms with Crippen LogP contribution < -0.4 is 5.32 Å². The lowest BCUT2D eigenvalue weighted by atomic mass is 10.1. The molecule has 2 heterocycles. The van der Waals surface area contributed by atoms with Gasteiger partial charge >= 0.3 is 0 Å². The maximum Gasteiger partial charge on any atom is 0.147 e. The van der Waals surface area contributed by atoms with Crippen molar-refractivity contribution >= 4 is 0 Å². The van der Waals surface area contributed by atoms with E-state index in [0.29, 0.717) is 5.92 Å². The molecule has 1 aliphatic heterocycles. The average Bonchev–Trinajstić information content (AvgIpc) is 2.62. The predicted octanol–water partition coefficient (Wildman–Crippen LogP) is 0.970. The molecule has 1 N–H and O–H groups in total. The van der Waals surface area contributed by atoms with Crippen molar-refractivity contribution in [3.63, 3.8) is 0 Å². The first-order valence-corrected chi connectivity index (χ1v) is 5.43. The molecule has 0 saturated carbocycles. The Hall–Kier alpha value is -0.900. The molecule has 78 valence electrons. The highest BCUT2D eigenvalue weighted by Crippen LogP contribution is 2.12. The Bertz CT molecular complexity index is 305. The first-order valence-electron chi connectivity index (χ1n) is 5.43. The maximum atomic E-state index is 4.26. The molecule has 14 heavy (non-hydrogen) atoms. The third-order valence-electron chi connectivity index (χ3n) is 2.93. The third-order valence-corrected chi connectivity index (χ3v) is 2.93. The van der Waals surface area contributed by atoms with Crippen LogP contribution in [0, 0.1) is 5.92 Å². The molecule has 4 nitrogen and oxygen atoms in total. The number of aromatic nitrogens is 3. The zero-order valence-corrected chi connectivity index (χ0v) is 8.95. The van der Waals surface area contributed by atoms with E-state index in [1.54, 1.807) is 0 Å². The SMILES string of the molecule is CCC(C)Cc1nnc2n1CCNC2. The van der Waals surface area contributed by atoms with E-state index >= 15 is 0 Å². The smallest absolute Gasteiger partial charge is 0.147 e. The monoisotopic (exact) mass is 194 g/mol. The van der Waals surface area contributed by atoms with Crippen LogP contribution in [0.15, 0.2) is 0 Å². The number of nitrogens with one attached hydrogen (secondary N) is 1. The molecule has 1 aromatic heterocycles. The Morgan fingerprint density at radius 2 is 2.36 bits per heavy atom. The fraction of sp³-hybridized carbons (Fsp3) is 0.800. The van der Waals surface area contributed by atoms with E-state index in [2.05, 4.69) is 33.9 Å². The zero-order valence-electron chi connectivity index (χ0n) is 8.95. The standard InChI is InChI=1S/C10H18N4/c1-3-8(2)6-9-12-13-10-7-11-4-5-14(9)10/h8,11H,3-7H2,1-2H3. The van der Waals surface area contributed by atoms with E-state index < -0.39 is 0 Å². The summed E-state index contributed by atoms with van der Waals surface area (Å²) >= 11 is 0. The van der Waals surface area contributed by atoms with Gasteiger partial charge in [-0.25, -0.2) is 0 Å². The highest BCUT2D eigenvalue weighted by molar-refractivity contribution is 4.99. The van der Waals surface area contributed by atoms with Gasteiger partial charge in [-0.15, -0.1) is 10.2 Å². The van der Waals surface area contributed by atoms with Gasteiger partial charge in [0.05, 0.1) is 6.54 Å². The van der Waals surface area contributed by atoms with Crippen molar-refractivity contribution in [3.05, 3.63) is 11.6 Å². The van der Waals surface area contributed by atoms with Crippen LogP contribution in [0.1, 0.15) is 31.9 Å². The highest BCUT2D eigenvalue weighted by atomic mass is 15.3. The summed E-state index contributed by atoms with van der Waals surface area (Å²) < 4.78 is 2.27. The van der Waals surface area contributed by atoms with Gasteiger partial charge in [0.2, 0.25) is 0 Å². The van der Waals surface area contributed by atoms with Gasteiger partial charge in [0, 0.05) is 19.5 Å². The summed E-state index contributed by atoms with van der Waals surface area (Å²) in [5.74, 6) is 2.96. The molecule has 0 fully saturated rings. The van der Waals surface area contributed by atoms with Crippen LogP contribution in [0.2, 0.25) is 0 Å². The number of rotatable bonds is 3. The molecular formula is C10H18N4. The Morgan fingerprint density at radius 3 is 3.14 bits per heavy atom. The Labute approximate surface area is 84.7 Å². The number of hydrogen-bond acceptors (Lipinski definition) is 3. The second kappa shape index (κ2) is 4.09. The van der Waals surface area contributed by atoms with E-state index in [9.17, 15) is 0 Å². The van der Waals surface area contributed by atoms with Crippen LogP contribution in [0.3, 0.4) is 0 Å². The van der Waals surface area contributed by atoms with Gasteiger partial charge in [-0.1, -0.05) is 20.3 Å². The second-order valence-corrected chi connectivity index (χ2v) is 4.08. The quantitative estimate of drug-likeness (QED) is 0.779. The third kappa shape index (κ3) is 1.80. The number of fused-ring (bicyclic) bond motifs is 1. The molecule has 0 amide bonds. The van der Waals surface area contributed by atoms with Crippen molar-refractivity contribution in [1.29, 1.82) is 0 Å². The fourth-order valence-electron chi connectivity index (χ4n) is 1.76. The fourth-order valence-corrected chi connectivity index (χ4v) is 1.76. The van der Waals surface area contributed by atoms with Gasteiger partial charge in [0.25, 0.3) is 0 Å². The summed E-state index contributed by atoms with van der Waals surface area (Å²) in [4.78, 5) is 0. The van der Waals surface area contributed by atoms with Crippen LogP contribution in [-0.4, -0.2) is 21.3 Å². The molecule has 1 aliphatic rings. The normalized spacial score (nSPS) is 17.9. The summed E-state index contributed by atoms with van der Waals surface area (Å²) in [5.41, 5.74) is 0. The van der Waals surface area contributed by atoms with Gasteiger partial charge in [0.1, 0.15) is 11.6 Å². The van der Waals surface area contributed by atoms with Gasteiger partial charge < -0.3 is 9.88 Å². The average molecular weight is 194 g/mol. The predicted molar refractivity (Wildman–Crippen MR) is 54.9 cm³/mol. The van der Waals surface area contributed by atoms with Crippen LogP contribution >= 0.6 is 0 Å². The summed E-state index contributed by atoms with van der Waals surface area (Å²) in [5, 5.41) is 11.8. The molecule has 4 heteroatoms. The van der Waals surface area contributed by atoms with Crippen LogP contribution in [0.5, 0.6) is 0 Å². The molecule has 0 saturated heterocycles. The van der Waals surface area contributed by atoms with Crippen LogP contribution in [0.25, 0.3) is 0 Å². The van der Waals surface area contributed by atoms with E-state index in [0.717, 1.165) is 37.7 Å². The van der Waals surface area contributed by atoms with Crippen molar-refractivity contribution in [2.75, 3.05) is 6.54 Å². The molecule has 0 aliphatic carbocycles. The minimum Gasteiger partial charge on any atom is -0.313 e. The van der Waals surface area contributed by atoms with E-state index in [1.807, 2.05) is 0 Å². The molecular weight excluding hydrogens is 176 g/mol. The van der Waals surface area contributed by atoms with Crippen molar-refractivity contribution in [2.24, 2.45) is 5.92 Å². The lowest BCUT2D eigenvalue weighted by Gasteiger charge is -2.17. The van der Waals surface area contributed by atoms with Crippen molar-refractivity contribution < 1.29 is 0 Å². The molecule has 0 spiro atoms. The highest BCUT2D eigenvalue weighted by Gasteiger charge is 2.16. The van der Waals surface area contributed by atoms with E-state index in [1.165, 1.54) is 6.42 Å². The molecule has 1 atom stereocenters. The number of hydrogen-bond donors (Lipinski definition) is 1. The molecule has 1 aromatic rings. The largest absolute Gasteiger partial charge is 0.313 e. The summed E-state index contributed by atoms with van der Waals surface area (Å²) in [6, 6.07) is 0. The van der Waals surface area contributed by atoms with Crippen LogP contribution in [-0.2, 0) is 19.5 Å². The summed E-state index contributed by atoms with van der Waals surface area (Å²) in [6.45, 7) is 7.42. The van der Waals surface area contributed by atoms with E-state index in [4.69, 9.17) is 0 Å². The first kappa shape index (κ1) is 9.65. The second-order valence-electron chi connectivity index (χ2n) is 4.08. The summed E-state index contributed by atoms with van der Waals surface area (Å²) in [7, 11) is 0. The minimum absolute atomic E-state index is 0.707. The lowest BCUT2D eigenvalue weighted by Crippen LogP contribution is -2.29. The van der Waals surface area contributed by atoms with Crippen LogP contribution in [0.4, 0.5) is 0 Å². The number of nitrogens with zero attached hydrogens (tertiary/aromatic N) is 3. The Morgan fingerprint density at radius 1 is 1.50 bits per heavy atom. The Balaban J connectivity index is 2.14. The van der Waals surface area contributed by atoms with Gasteiger partial charge in [-0.2, -0.15) is 0 Å². The van der Waals surface area contributed by atoms with Gasteiger partial charge in [-0.3, -0.25) is 0 Å². The lowest BCUT2D eigenvalue weighted by molar-refractivity contribution is 0.469. The van der Waals surface area contributed by atoms with Gasteiger partial charge in [0.15, 0.2) is 0 Å². The topological polar surface area (TPSA) is 42.7 Å². The van der Waals surface area contributed by atoms with Crippen molar-refractivity contribution in [3.8, 4) is 0 Å². The summed E-state index contributed by atoms with van der Waals surface area (Å²) in [6.07, 6.45) is 2.27. The van der Waals surface area contributed by atoms with Crippen molar-refractivity contribution in [1.82, 2.24) is 20.1 Å². The molecule has 1 unspecified atom stereocenters. The zero-order chi connectivity index (χ0) is 9.97. The Kier molecular flexibility index (Phi) is 2.82. The molecule has 0 bridgehead atoms. The molecule has 2 rings (SSSR count). The minimum atomic E-state index is 0.707. The first-order chi connectivity index (χ1) is 6.81. The molecule has 0 radical (unpaired) electrons. The maximum absolute atomic E-state index is 4.26. The van der Waals surface area contributed by atoms with E-state index in [-0.39, 0.29) is 0 Å². The van der Waals surface area contributed by atoms with Crippen molar-refractivity contribution in [2.45, 2.75) is 39.8 Å². The van der Waals surface area contributed by atoms with Gasteiger partial charge in [-0.05, 0) is 5.92 Å².